The monoisotopic (exact) mass is 587 g/mol. The van der Waals surface area contributed by atoms with Crippen LogP contribution in [-0.2, 0) is 13.1 Å². The van der Waals surface area contributed by atoms with E-state index in [-0.39, 0.29) is 11.5 Å². The van der Waals surface area contributed by atoms with Gasteiger partial charge in [-0.15, -0.1) is 0 Å². The number of benzene rings is 6. The van der Waals surface area contributed by atoms with Gasteiger partial charge >= 0.3 is 0 Å². The summed E-state index contributed by atoms with van der Waals surface area (Å²) in [6.07, 6.45) is 0. The van der Waals surface area contributed by atoms with Gasteiger partial charge in [-0.3, -0.25) is 0 Å². The summed E-state index contributed by atoms with van der Waals surface area (Å²) in [4.78, 5) is 0. The number of aromatic nitrogens is 2. The first-order chi connectivity index (χ1) is 22.0. The SMILES string of the molecule is Cc1cc(CNCc2cc(C)cc(-n3c4ccccc4c4ccccc43)c2O)c(O)c(-n2c3ccccc3c3ccccc32)c1. The first-order valence-corrected chi connectivity index (χ1v) is 15.3. The summed E-state index contributed by atoms with van der Waals surface area (Å²) < 4.78 is 4.31. The second-order valence-electron chi connectivity index (χ2n) is 11.9. The van der Waals surface area contributed by atoms with Crippen LogP contribution in [0.25, 0.3) is 55.0 Å². The highest BCUT2D eigenvalue weighted by molar-refractivity contribution is 6.10. The van der Waals surface area contributed by atoms with E-state index in [2.05, 4.69) is 101 Å². The molecule has 3 N–H and O–H groups in total. The topological polar surface area (TPSA) is 62.4 Å². The summed E-state index contributed by atoms with van der Waals surface area (Å²) in [5.74, 6) is 0.498. The van der Waals surface area contributed by atoms with Crippen LogP contribution in [0.2, 0.25) is 0 Å². The standard InChI is InChI=1S/C40H33N3O2/c1-25-19-27(39(44)37(21-25)42-33-15-7-3-11-29(33)30-12-4-8-16-34(30)42)23-41-24-28-20-26(2)22-38(40(28)45)43-35-17-9-5-13-31(35)32-14-6-10-18-36(32)43/h3-22,41,44-45H,23-24H2,1-2H3. The van der Waals surface area contributed by atoms with Crippen molar-refractivity contribution in [2.75, 3.05) is 0 Å². The molecule has 5 nitrogen and oxygen atoms in total. The summed E-state index contributed by atoms with van der Waals surface area (Å²) >= 11 is 0. The Balaban J connectivity index is 1.15. The van der Waals surface area contributed by atoms with Gasteiger partial charge in [-0.2, -0.15) is 0 Å². The van der Waals surface area contributed by atoms with Crippen molar-refractivity contribution in [1.29, 1.82) is 0 Å². The molecule has 5 heteroatoms. The highest BCUT2D eigenvalue weighted by Gasteiger charge is 2.19. The van der Waals surface area contributed by atoms with Gasteiger partial charge < -0.3 is 24.7 Å². The molecule has 8 rings (SSSR count). The zero-order valence-corrected chi connectivity index (χ0v) is 25.3. The Morgan fingerprint density at radius 2 is 0.778 bits per heavy atom. The highest BCUT2D eigenvalue weighted by atomic mass is 16.3. The van der Waals surface area contributed by atoms with Crippen molar-refractivity contribution < 1.29 is 10.2 Å². The lowest BCUT2D eigenvalue weighted by molar-refractivity contribution is 0.456. The lowest BCUT2D eigenvalue weighted by atomic mass is 10.1. The smallest absolute Gasteiger partial charge is 0.144 e. The van der Waals surface area contributed by atoms with Gasteiger partial charge in [-0.1, -0.05) is 84.9 Å². The maximum absolute atomic E-state index is 11.7. The molecule has 0 unspecified atom stereocenters. The van der Waals surface area contributed by atoms with Crippen LogP contribution in [0.4, 0.5) is 0 Å². The van der Waals surface area contributed by atoms with Crippen molar-refractivity contribution in [3.63, 3.8) is 0 Å². The fourth-order valence-corrected chi connectivity index (χ4v) is 6.97. The Morgan fingerprint density at radius 3 is 1.11 bits per heavy atom. The maximum atomic E-state index is 11.7. The number of phenols is 2. The third-order valence-electron chi connectivity index (χ3n) is 8.90. The zero-order chi connectivity index (χ0) is 30.7. The number of aromatic hydroxyl groups is 2. The third kappa shape index (κ3) is 4.35. The maximum Gasteiger partial charge on any atom is 0.144 e. The van der Waals surface area contributed by atoms with E-state index < -0.39 is 0 Å². The van der Waals surface area contributed by atoms with Crippen LogP contribution < -0.4 is 5.32 Å². The lowest BCUT2D eigenvalue weighted by Crippen LogP contribution is -2.14. The molecule has 2 heterocycles. The van der Waals surface area contributed by atoms with Crippen molar-refractivity contribution in [3.05, 3.63) is 144 Å². The van der Waals surface area contributed by atoms with Crippen LogP contribution in [0.1, 0.15) is 22.3 Å². The molecule has 0 aliphatic rings. The summed E-state index contributed by atoms with van der Waals surface area (Å²) in [6, 6.07) is 41.4. The van der Waals surface area contributed by atoms with E-state index in [0.29, 0.717) is 13.1 Å². The molecule has 2 aromatic heterocycles. The first kappa shape index (κ1) is 27.1. The highest BCUT2D eigenvalue weighted by Crippen LogP contribution is 2.38. The second-order valence-corrected chi connectivity index (χ2v) is 11.9. The second kappa shape index (κ2) is 10.6. The number of fused-ring (bicyclic) bond motifs is 6. The Morgan fingerprint density at radius 1 is 0.467 bits per heavy atom. The van der Waals surface area contributed by atoms with Crippen molar-refractivity contribution in [2.24, 2.45) is 0 Å². The molecular weight excluding hydrogens is 554 g/mol. The average Bonchev–Trinajstić information content (AvgIpc) is 3.57. The summed E-state index contributed by atoms with van der Waals surface area (Å²) in [7, 11) is 0. The van der Waals surface area contributed by atoms with Gasteiger partial charge in [-0.05, 0) is 61.4 Å². The number of rotatable bonds is 6. The summed E-state index contributed by atoms with van der Waals surface area (Å²) in [5.41, 5.74) is 9.49. The van der Waals surface area contributed by atoms with Crippen LogP contribution in [0.15, 0.2) is 121 Å². The third-order valence-corrected chi connectivity index (χ3v) is 8.90. The molecule has 0 saturated carbocycles. The van der Waals surface area contributed by atoms with Crippen LogP contribution in [0.5, 0.6) is 11.5 Å². The number of para-hydroxylation sites is 4. The van der Waals surface area contributed by atoms with E-state index in [1.165, 1.54) is 0 Å². The Hall–Kier alpha value is -5.52. The van der Waals surface area contributed by atoms with Gasteiger partial charge in [0.15, 0.2) is 0 Å². The number of hydrogen-bond donors (Lipinski definition) is 3. The molecule has 0 bridgehead atoms. The van der Waals surface area contributed by atoms with E-state index in [9.17, 15) is 10.2 Å². The summed E-state index contributed by atoms with van der Waals surface area (Å²) in [5, 5.41) is 31.4. The Bertz CT molecular complexity index is 2140. The fraction of sp³-hybridized carbons (Fsp3) is 0.100. The minimum atomic E-state index is 0.249. The molecule has 45 heavy (non-hydrogen) atoms. The largest absolute Gasteiger partial charge is 0.505 e. The van der Waals surface area contributed by atoms with Gasteiger partial charge in [0.05, 0.1) is 33.4 Å². The van der Waals surface area contributed by atoms with Crippen molar-refractivity contribution in [3.8, 4) is 22.9 Å². The van der Waals surface area contributed by atoms with Crippen LogP contribution >= 0.6 is 0 Å². The number of hydrogen-bond acceptors (Lipinski definition) is 3. The minimum Gasteiger partial charge on any atom is -0.505 e. The van der Waals surface area contributed by atoms with Crippen LogP contribution in [0.3, 0.4) is 0 Å². The van der Waals surface area contributed by atoms with Crippen molar-refractivity contribution >= 4 is 43.6 Å². The molecule has 0 saturated heterocycles. The van der Waals surface area contributed by atoms with E-state index in [1.807, 2.05) is 48.5 Å². The molecule has 0 atom stereocenters. The average molecular weight is 588 g/mol. The van der Waals surface area contributed by atoms with E-state index in [1.54, 1.807) is 0 Å². The number of nitrogens with zero attached hydrogens (tertiary/aromatic N) is 2. The van der Waals surface area contributed by atoms with Gasteiger partial charge in [-0.25, -0.2) is 0 Å². The van der Waals surface area contributed by atoms with Crippen molar-refractivity contribution in [1.82, 2.24) is 14.5 Å². The van der Waals surface area contributed by atoms with Gasteiger partial charge in [0.25, 0.3) is 0 Å². The molecule has 0 amide bonds. The van der Waals surface area contributed by atoms with Gasteiger partial charge in [0.2, 0.25) is 0 Å². The van der Waals surface area contributed by atoms with Crippen molar-refractivity contribution in [2.45, 2.75) is 26.9 Å². The number of phenolic OH excluding ortho intramolecular Hbond substituents is 2. The van der Waals surface area contributed by atoms with Gasteiger partial charge in [0.1, 0.15) is 11.5 Å². The molecule has 0 radical (unpaired) electrons. The molecule has 0 aliphatic heterocycles. The molecule has 8 aromatic rings. The molecular formula is C40H33N3O2. The molecule has 220 valence electrons. The normalized spacial score (nSPS) is 11.8. The van der Waals surface area contributed by atoms with E-state index in [4.69, 9.17) is 0 Å². The quantitative estimate of drug-likeness (QED) is 0.182. The zero-order valence-electron chi connectivity index (χ0n) is 25.3. The van der Waals surface area contributed by atoms with Gasteiger partial charge in [0, 0.05) is 45.8 Å². The Kier molecular flexibility index (Phi) is 6.36. The van der Waals surface area contributed by atoms with Crippen LogP contribution in [-0.4, -0.2) is 19.3 Å². The predicted molar refractivity (Wildman–Crippen MR) is 185 cm³/mol. The lowest BCUT2D eigenvalue weighted by Gasteiger charge is -2.17. The molecule has 6 aromatic carbocycles. The first-order valence-electron chi connectivity index (χ1n) is 15.3. The molecule has 0 spiro atoms. The predicted octanol–water partition coefficient (Wildman–Crippen LogP) is 9.20. The Labute approximate surface area is 261 Å². The fourth-order valence-electron chi connectivity index (χ4n) is 6.97. The molecule has 0 fully saturated rings. The number of nitrogens with one attached hydrogen (secondary N) is 1. The van der Waals surface area contributed by atoms with E-state index in [0.717, 1.165) is 77.2 Å². The van der Waals surface area contributed by atoms with E-state index >= 15 is 0 Å². The number of aryl methyl sites for hydroxylation is 2. The van der Waals surface area contributed by atoms with Crippen LogP contribution in [0, 0.1) is 13.8 Å². The minimum absolute atomic E-state index is 0.249. The molecule has 0 aliphatic carbocycles. The summed E-state index contributed by atoms with van der Waals surface area (Å²) in [6.45, 7) is 5.00.